The molecule has 1 aliphatic heterocycles. The van der Waals surface area contributed by atoms with Gasteiger partial charge in [-0.2, -0.15) is 0 Å². The van der Waals surface area contributed by atoms with Crippen LogP contribution in [0, 0.1) is 11.3 Å². The molecule has 1 heterocycles. The number of carboxylic acid groups (broad SMARTS) is 1. The second kappa shape index (κ2) is 5.43. The van der Waals surface area contributed by atoms with Gasteiger partial charge in [0.2, 0.25) is 0 Å². The monoisotopic (exact) mass is 268 g/mol. The Bertz CT molecular complexity index is 337. The molecule has 1 N–H and O–H groups in total. The minimum atomic E-state index is -0.598. The minimum absolute atomic E-state index is 0.0663. The number of carbonyl (C=O) groups is 1. The smallest absolute Gasteiger partial charge is 0.309 e. The Morgan fingerprint density at radius 3 is 2.58 bits per heavy atom. The maximum atomic E-state index is 11.8. The van der Waals surface area contributed by atoms with Crippen LogP contribution in [0.15, 0.2) is 0 Å². The molecule has 3 nitrogen and oxygen atoms in total. The van der Waals surface area contributed by atoms with Gasteiger partial charge in [0.05, 0.1) is 17.1 Å². The second-order valence-corrected chi connectivity index (χ2v) is 7.20. The van der Waals surface area contributed by atoms with Gasteiger partial charge in [-0.25, -0.2) is 0 Å². The van der Waals surface area contributed by atoms with E-state index in [-0.39, 0.29) is 11.7 Å². The zero-order chi connectivity index (χ0) is 14.1. The molecule has 0 bridgehead atoms. The first-order chi connectivity index (χ1) is 8.87. The van der Waals surface area contributed by atoms with Crippen molar-refractivity contribution in [3.8, 4) is 0 Å². The lowest BCUT2D eigenvalue weighted by Crippen LogP contribution is -2.39. The Morgan fingerprint density at radius 2 is 2.05 bits per heavy atom. The topological polar surface area (TPSA) is 46.5 Å². The van der Waals surface area contributed by atoms with Crippen LogP contribution >= 0.6 is 0 Å². The lowest BCUT2D eigenvalue weighted by molar-refractivity contribution is -0.156. The van der Waals surface area contributed by atoms with Crippen molar-refractivity contribution < 1.29 is 14.6 Å². The standard InChI is InChI=1S/C16H28O3/c1-4-12-6-5-8-16(10-12,14(17)18)11-13-7-9-15(2,3)19-13/h12-13H,4-11H2,1-3H3,(H,17,18). The molecule has 19 heavy (non-hydrogen) atoms. The minimum Gasteiger partial charge on any atom is -0.481 e. The summed E-state index contributed by atoms with van der Waals surface area (Å²) in [5, 5.41) is 9.74. The average Bonchev–Trinajstić information content (AvgIpc) is 2.68. The van der Waals surface area contributed by atoms with Gasteiger partial charge < -0.3 is 9.84 Å². The van der Waals surface area contributed by atoms with Crippen LogP contribution in [0.2, 0.25) is 0 Å². The van der Waals surface area contributed by atoms with Gasteiger partial charge >= 0.3 is 5.97 Å². The van der Waals surface area contributed by atoms with Gasteiger partial charge in [0.15, 0.2) is 0 Å². The van der Waals surface area contributed by atoms with E-state index >= 15 is 0 Å². The molecule has 0 spiro atoms. The first-order valence-electron chi connectivity index (χ1n) is 7.78. The molecule has 1 saturated heterocycles. The molecule has 3 atom stereocenters. The highest BCUT2D eigenvalue weighted by molar-refractivity contribution is 5.74. The predicted octanol–water partition coefficient (Wildman–Crippen LogP) is 4.01. The van der Waals surface area contributed by atoms with Gasteiger partial charge in [-0.15, -0.1) is 0 Å². The maximum absolute atomic E-state index is 11.8. The molecular weight excluding hydrogens is 240 g/mol. The van der Waals surface area contributed by atoms with Crippen LogP contribution in [-0.4, -0.2) is 22.8 Å². The molecule has 0 aromatic carbocycles. The van der Waals surface area contributed by atoms with E-state index in [1.807, 2.05) is 0 Å². The third-order valence-electron chi connectivity index (χ3n) is 5.15. The number of carboxylic acids is 1. The molecule has 2 fully saturated rings. The lowest BCUT2D eigenvalue weighted by atomic mass is 9.66. The normalized spacial score (nSPS) is 38.3. The first-order valence-corrected chi connectivity index (χ1v) is 7.78. The number of hydrogen-bond donors (Lipinski definition) is 1. The summed E-state index contributed by atoms with van der Waals surface area (Å²) >= 11 is 0. The van der Waals surface area contributed by atoms with E-state index in [1.165, 1.54) is 6.42 Å². The summed E-state index contributed by atoms with van der Waals surface area (Å²) < 4.78 is 6.03. The summed E-state index contributed by atoms with van der Waals surface area (Å²) in [5.41, 5.74) is -0.590. The highest BCUT2D eigenvalue weighted by Crippen LogP contribution is 2.47. The fourth-order valence-corrected chi connectivity index (χ4v) is 3.96. The molecule has 3 heteroatoms. The fourth-order valence-electron chi connectivity index (χ4n) is 3.96. The van der Waals surface area contributed by atoms with Crippen molar-refractivity contribution in [2.24, 2.45) is 11.3 Å². The summed E-state index contributed by atoms with van der Waals surface area (Å²) in [6, 6.07) is 0. The van der Waals surface area contributed by atoms with Crippen LogP contribution in [0.3, 0.4) is 0 Å². The van der Waals surface area contributed by atoms with Gasteiger partial charge in [-0.3, -0.25) is 4.79 Å². The summed E-state index contributed by atoms with van der Waals surface area (Å²) in [6.45, 7) is 6.39. The highest BCUT2D eigenvalue weighted by Gasteiger charge is 2.46. The number of ether oxygens (including phenoxy) is 1. The van der Waals surface area contributed by atoms with Gasteiger partial charge in [0, 0.05) is 0 Å². The Hall–Kier alpha value is -0.570. The predicted molar refractivity (Wildman–Crippen MR) is 75.1 cm³/mol. The molecule has 2 aliphatic rings. The fraction of sp³-hybridized carbons (Fsp3) is 0.938. The summed E-state index contributed by atoms with van der Waals surface area (Å²) in [7, 11) is 0. The van der Waals surface area contributed by atoms with Gasteiger partial charge in [0.25, 0.3) is 0 Å². The van der Waals surface area contributed by atoms with E-state index in [1.54, 1.807) is 0 Å². The molecule has 0 radical (unpaired) electrons. The van der Waals surface area contributed by atoms with Gasteiger partial charge in [-0.05, 0) is 51.9 Å². The summed E-state index contributed by atoms with van der Waals surface area (Å²) in [6.07, 6.45) is 7.95. The van der Waals surface area contributed by atoms with E-state index in [9.17, 15) is 9.90 Å². The number of aliphatic carboxylic acids is 1. The van der Waals surface area contributed by atoms with E-state index in [4.69, 9.17) is 4.74 Å². The quantitative estimate of drug-likeness (QED) is 0.838. The van der Waals surface area contributed by atoms with Crippen molar-refractivity contribution in [1.82, 2.24) is 0 Å². The lowest BCUT2D eigenvalue weighted by Gasteiger charge is -2.39. The average molecular weight is 268 g/mol. The van der Waals surface area contributed by atoms with Crippen LogP contribution in [-0.2, 0) is 9.53 Å². The molecule has 0 aromatic heterocycles. The molecule has 2 rings (SSSR count). The van der Waals surface area contributed by atoms with E-state index in [0.717, 1.165) is 38.5 Å². The largest absolute Gasteiger partial charge is 0.481 e. The molecule has 3 unspecified atom stereocenters. The maximum Gasteiger partial charge on any atom is 0.309 e. The zero-order valence-electron chi connectivity index (χ0n) is 12.6. The Morgan fingerprint density at radius 1 is 1.32 bits per heavy atom. The van der Waals surface area contributed by atoms with Crippen LogP contribution < -0.4 is 0 Å². The first kappa shape index (κ1) is 14.8. The number of hydrogen-bond acceptors (Lipinski definition) is 2. The van der Waals surface area contributed by atoms with Crippen molar-refractivity contribution in [2.75, 3.05) is 0 Å². The van der Waals surface area contributed by atoms with Gasteiger partial charge in [-0.1, -0.05) is 26.2 Å². The van der Waals surface area contributed by atoms with E-state index < -0.39 is 11.4 Å². The van der Waals surface area contributed by atoms with Crippen LogP contribution in [0.1, 0.15) is 72.1 Å². The third-order valence-corrected chi connectivity index (χ3v) is 5.15. The van der Waals surface area contributed by atoms with Gasteiger partial charge in [0.1, 0.15) is 0 Å². The Labute approximate surface area is 116 Å². The van der Waals surface area contributed by atoms with Crippen molar-refractivity contribution in [3.05, 3.63) is 0 Å². The molecule has 0 aromatic rings. The van der Waals surface area contributed by atoms with Crippen LogP contribution in [0.4, 0.5) is 0 Å². The molecule has 110 valence electrons. The van der Waals surface area contributed by atoms with E-state index in [0.29, 0.717) is 12.3 Å². The molecule has 1 saturated carbocycles. The van der Waals surface area contributed by atoms with Crippen molar-refractivity contribution in [3.63, 3.8) is 0 Å². The number of rotatable bonds is 4. The second-order valence-electron chi connectivity index (χ2n) is 7.20. The SMILES string of the molecule is CCC1CCCC(CC2CCC(C)(C)O2)(C(=O)O)C1. The zero-order valence-corrected chi connectivity index (χ0v) is 12.6. The van der Waals surface area contributed by atoms with Crippen molar-refractivity contribution >= 4 is 5.97 Å². The van der Waals surface area contributed by atoms with Crippen LogP contribution in [0.25, 0.3) is 0 Å². The summed E-state index contributed by atoms with van der Waals surface area (Å²) in [5.74, 6) is -0.0155. The van der Waals surface area contributed by atoms with Crippen molar-refractivity contribution in [1.29, 1.82) is 0 Å². The van der Waals surface area contributed by atoms with E-state index in [2.05, 4.69) is 20.8 Å². The molecular formula is C16H28O3. The Balaban J connectivity index is 2.06. The van der Waals surface area contributed by atoms with Crippen LogP contribution in [0.5, 0.6) is 0 Å². The molecule has 1 aliphatic carbocycles. The summed E-state index contributed by atoms with van der Waals surface area (Å²) in [4.78, 5) is 11.8. The van der Waals surface area contributed by atoms with Crippen molar-refractivity contribution in [2.45, 2.75) is 83.8 Å². The Kier molecular flexibility index (Phi) is 4.24. The highest BCUT2D eigenvalue weighted by atomic mass is 16.5. The third kappa shape index (κ3) is 3.31. The molecule has 0 amide bonds.